The minimum Gasteiger partial charge on any atom is -0.439 e. The molecule has 0 bridgehead atoms. The van der Waals surface area contributed by atoms with Crippen LogP contribution in [0.5, 0.6) is 0 Å². The molecule has 1 N–H and O–H groups in total. The molecule has 0 aliphatic carbocycles. The molecule has 7 heteroatoms. The van der Waals surface area contributed by atoms with Crippen molar-refractivity contribution < 1.29 is 27.1 Å². The number of amides is 1. The van der Waals surface area contributed by atoms with E-state index in [0.29, 0.717) is 6.07 Å². The minimum atomic E-state index is -4.77. The second-order valence-corrected chi connectivity index (χ2v) is 3.48. The number of halogens is 4. The lowest BCUT2D eigenvalue weighted by Gasteiger charge is -2.13. The average molecular weight is 249 g/mol. The first kappa shape index (κ1) is 11.7. The predicted molar refractivity (Wildman–Crippen MR) is 48.6 cm³/mol. The van der Waals surface area contributed by atoms with Crippen molar-refractivity contribution in [3.63, 3.8) is 0 Å². The Bertz CT molecular complexity index is 458. The average Bonchev–Trinajstić information content (AvgIpc) is 2.63. The van der Waals surface area contributed by atoms with Crippen molar-refractivity contribution in [2.75, 3.05) is 6.54 Å². The van der Waals surface area contributed by atoms with Gasteiger partial charge in [0.15, 0.2) is 0 Å². The van der Waals surface area contributed by atoms with Gasteiger partial charge in [0.05, 0.1) is 12.1 Å². The SMILES string of the molecule is O=C1NCC(c2cccc(C(F)(F)F)c2F)O1. The molecule has 1 aromatic carbocycles. The zero-order valence-corrected chi connectivity index (χ0v) is 8.34. The largest absolute Gasteiger partial charge is 0.439 e. The topological polar surface area (TPSA) is 38.3 Å². The Morgan fingerprint density at radius 1 is 1.35 bits per heavy atom. The van der Waals surface area contributed by atoms with Crippen LogP contribution >= 0.6 is 0 Å². The van der Waals surface area contributed by atoms with Gasteiger partial charge in [0, 0.05) is 5.56 Å². The highest BCUT2D eigenvalue weighted by molar-refractivity contribution is 5.69. The molecule has 1 heterocycles. The molecule has 17 heavy (non-hydrogen) atoms. The zero-order valence-electron chi connectivity index (χ0n) is 8.34. The smallest absolute Gasteiger partial charge is 0.419 e. The summed E-state index contributed by atoms with van der Waals surface area (Å²) in [6.07, 6.45) is -6.56. The number of rotatable bonds is 1. The molecule has 3 nitrogen and oxygen atoms in total. The van der Waals surface area contributed by atoms with E-state index in [1.54, 1.807) is 0 Å². The third-order valence-electron chi connectivity index (χ3n) is 2.36. The number of carbonyl (C=O) groups is 1. The summed E-state index contributed by atoms with van der Waals surface area (Å²) in [7, 11) is 0. The van der Waals surface area contributed by atoms with Crippen molar-refractivity contribution in [2.45, 2.75) is 12.3 Å². The summed E-state index contributed by atoms with van der Waals surface area (Å²) in [5.74, 6) is -1.40. The lowest BCUT2D eigenvalue weighted by atomic mass is 10.0. The first-order chi connectivity index (χ1) is 7.89. The van der Waals surface area contributed by atoms with Crippen molar-refractivity contribution in [1.82, 2.24) is 5.32 Å². The van der Waals surface area contributed by atoms with Gasteiger partial charge in [0.25, 0.3) is 0 Å². The number of hydrogen-bond acceptors (Lipinski definition) is 2. The van der Waals surface area contributed by atoms with Crippen molar-refractivity contribution in [3.05, 3.63) is 35.1 Å². The summed E-state index contributed by atoms with van der Waals surface area (Å²) in [6.45, 7) is -0.0446. The Morgan fingerprint density at radius 3 is 2.59 bits per heavy atom. The van der Waals surface area contributed by atoms with Crippen LogP contribution in [0.3, 0.4) is 0 Å². The number of benzene rings is 1. The van der Waals surface area contributed by atoms with Crippen LogP contribution in [0.25, 0.3) is 0 Å². The third kappa shape index (κ3) is 2.17. The molecule has 1 aliphatic heterocycles. The second-order valence-electron chi connectivity index (χ2n) is 3.48. The zero-order chi connectivity index (χ0) is 12.6. The van der Waals surface area contributed by atoms with E-state index in [1.807, 2.05) is 0 Å². The highest BCUT2D eigenvalue weighted by atomic mass is 19.4. The standard InChI is InChI=1S/C10H7F4NO2/c11-8-5(7-4-15-9(16)17-7)2-1-3-6(8)10(12,13)14/h1-3,7H,4H2,(H,15,16). The minimum absolute atomic E-state index is 0.0446. The van der Waals surface area contributed by atoms with E-state index in [-0.39, 0.29) is 12.1 Å². The second kappa shape index (κ2) is 3.90. The van der Waals surface area contributed by atoms with Crippen molar-refractivity contribution in [3.8, 4) is 0 Å². The van der Waals surface area contributed by atoms with Crippen LogP contribution in [-0.2, 0) is 10.9 Å². The molecular weight excluding hydrogens is 242 g/mol. The van der Waals surface area contributed by atoms with E-state index < -0.39 is 29.8 Å². The van der Waals surface area contributed by atoms with Gasteiger partial charge in [-0.1, -0.05) is 12.1 Å². The van der Waals surface area contributed by atoms with Crippen LogP contribution in [-0.4, -0.2) is 12.6 Å². The molecule has 0 aromatic heterocycles. The maximum absolute atomic E-state index is 13.6. The molecule has 0 spiro atoms. The van der Waals surface area contributed by atoms with Gasteiger partial charge in [-0.15, -0.1) is 0 Å². The van der Waals surface area contributed by atoms with Gasteiger partial charge in [-0.25, -0.2) is 9.18 Å². The summed E-state index contributed by atoms with van der Waals surface area (Å²) in [6, 6.07) is 2.88. The highest BCUT2D eigenvalue weighted by Gasteiger charge is 2.37. The molecule has 0 radical (unpaired) electrons. The predicted octanol–water partition coefficient (Wildman–Crippen LogP) is 2.63. The van der Waals surface area contributed by atoms with Gasteiger partial charge in [-0.2, -0.15) is 13.2 Å². The fraction of sp³-hybridized carbons (Fsp3) is 0.300. The number of alkyl halides is 3. The van der Waals surface area contributed by atoms with E-state index in [9.17, 15) is 22.4 Å². The first-order valence-electron chi connectivity index (χ1n) is 4.69. The normalized spacial score (nSPS) is 20.0. The third-order valence-corrected chi connectivity index (χ3v) is 2.36. The highest BCUT2D eigenvalue weighted by Crippen LogP contribution is 2.35. The fourth-order valence-electron chi connectivity index (χ4n) is 1.58. The van der Waals surface area contributed by atoms with Gasteiger partial charge in [-0.3, -0.25) is 0 Å². The lowest BCUT2D eigenvalue weighted by molar-refractivity contribution is -0.140. The number of nitrogens with one attached hydrogen (secondary N) is 1. The van der Waals surface area contributed by atoms with Crippen LogP contribution in [0.15, 0.2) is 18.2 Å². The number of ether oxygens (including phenoxy) is 1. The molecule has 1 aliphatic rings. The molecule has 1 fully saturated rings. The van der Waals surface area contributed by atoms with E-state index in [0.717, 1.165) is 12.1 Å². The monoisotopic (exact) mass is 249 g/mol. The lowest BCUT2D eigenvalue weighted by Crippen LogP contribution is -2.14. The molecular formula is C10H7F4NO2. The summed E-state index contributed by atoms with van der Waals surface area (Å²) in [4.78, 5) is 10.7. The van der Waals surface area contributed by atoms with Crippen molar-refractivity contribution in [1.29, 1.82) is 0 Å². The Hall–Kier alpha value is -1.79. The van der Waals surface area contributed by atoms with E-state index in [2.05, 4.69) is 10.1 Å². The summed E-state index contributed by atoms with van der Waals surface area (Å²) >= 11 is 0. The van der Waals surface area contributed by atoms with Crippen LogP contribution in [0.4, 0.5) is 22.4 Å². The Morgan fingerprint density at radius 2 is 2.06 bits per heavy atom. The number of alkyl carbamates (subject to hydrolysis) is 1. The summed E-state index contributed by atoms with van der Waals surface area (Å²) in [5, 5.41) is 2.24. The first-order valence-corrected chi connectivity index (χ1v) is 4.69. The van der Waals surface area contributed by atoms with Crippen molar-refractivity contribution in [2.24, 2.45) is 0 Å². The van der Waals surface area contributed by atoms with Crippen molar-refractivity contribution >= 4 is 6.09 Å². The van der Waals surface area contributed by atoms with E-state index in [1.165, 1.54) is 0 Å². The Balaban J connectivity index is 2.39. The van der Waals surface area contributed by atoms with Crippen LogP contribution in [0, 0.1) is 5.82 Å². The molecule has 1 atom stereocenters. The Labute approximate surface area is 93.4 Å². The molecule has 0 saturated carbocycles. The maximum atomic E-state index is 13.6. The maximum Gasteiger partial charge on any atom is 0.419 e. The number of hydrogen-bond donors (Lipinski definition) is 1. The van der Waals surface area contributed by atoms with Gasteiger partial charge in [0.1, 0.15) is 11.9 Å². The Kier molecular flexibility index (Phi) is 2.68. The molecule has 1 unspecified atom stereocenters. The quantitative estimate of drug-likeness (QED) is 0.777. The molecule has 1 saturated heterocycles. The summed E-state index contributed by atoms with van der Waals surface area (Å²) in [5.41, 5.74) is -1.64. The number of carbonyl (C=O) groups excluding carboxylic acids is 1. The van der Waals surface area contributed by atoms with Gasteiger partial charge in [-0.05, 0) is 6.07 Å². The van der Waals surface area contributed by atoms with Gasteiger partial charge >= 0.3 is 12.3 Å². The van der Waals surface area contributed by atoms with Crippen LogP contribution in [0.1, 0.15) is 17.2 Å². The van der Waals surface area contributed by atoms with Crippen LogP contribution in [0.2, 0.25) is 0 Å². The van der Waals surface area contributed by atoms with E-state index >= 15 is 0 Å². The molecule has 92 valence electrons. The molecule has 2 rings (SSSR count). The summed E-state index contributed by atoms with van der Waals surface area (Å²) < 4.78 is 55.5. The van der Waals surface area contributed by atoms with E-state index in [4.69, 9.17) is 0 Å². The fourth-order valence-corrected chi connectivity index (χ4v) is 1.58. The van der Waals surface area contributed by atoms with Crippen LogP contribution < -0.4 is 5.32 Å². The van der Waals surface area contributed by atoms with Gasteiger partial charge in [0.2, 0.25) is 0 Å². The molecule has 1 aromatic rings. The van der Waals surface area contributed by atoms with Gasteiger partial charge < -0.3 is 10.1 Å². The number of cyclic esters (lactones) is 1. The molecule has 1 amide bonds.